The van der Waals surface area contributed by atoms with E-state index in [-0.39, 0.29) is 24.1 Å². The first-order valence-electron chi connectivity index (χ1n) is 10.6. The van der Waals surface area contributed by atoms with Crippen molar-refractivity contribution < 1.29 is 9.53 Å². The summed E-state index contributed by atoms with van der Waals surface area (Å²) in [5.41, 5.74) is 6.09. The van der Waals surface area contributed by atoms with Gasteiger partial charge in [0.25, 0.3) is 0 Å². The van der Waals surface area contributed by atoms with Gasteiger partial charge in [-0.1, -0.05) is 78.9 Å². The van der Waals surface area contributed by atoms with E-state index in [0.29, 0.717) is 13.2 Å². The number of piperazine rings is 1. The Morgan fingerprint density at radius 2 is 1.53 bits per heavy atom. The SMILES string of the molecule is C[C@@H]1CN(C(=O)OCC2c3ccccc3-c3ccccc32)[C@@H](c2ccccc2)CN1. The van der Waals surface area contributed by atoms with Crippen LogP contribution in [0.5, 0.6) is 0 Å². The number of nitrogens with one attached hydrogen (secondary N) is 1. The maximum Gasteiger partial charge on any atom is 0.410 e. The molecule has 5 rings (SSSR count). The van der Waals surface area contributed by atoms with Crippen LogP contribution in [0.15, 0.2) is 78.9 Å². The fraction of sp³-hybridized carbons (Fsp3) is 0.269. The zero-order chi connectivity index (χ0) is 20.5. The summed E-state index contributed by atoms with van der Waals surface area (Å²) in [5, 5.41) is 3.49. The zero-order valence-corrected chi connectivity index (χ0v) is 17.1. The maximum absolute atomic E-state index is 13.2. The highest BCUT2D eigenvalue weighted by Crippen LogP contribution is 2.44. The second-order valence-corrected chi connectivity index (χ2v) is 8.19. The summed E-state index contributed by atoms with van der Waals surface area (Å²) in [7, 11) is 0. The molecule has 0 spiro atoms. The minimum absolute atomic E-state index is 0.0157. The highest BCUT2D eigenvalue weighted by molar-refractivity contribution is 5.79. The van der Waals surface area contributed by atoms with Gasteiger partial charge in [0.15, 0.2) is 0 Å². The fourth-order valence-electron chi connectivity index (χ4n) is 4.76. The zero-order valence-electron chi connectivity index (χ0n) is 17.1. The fourth-order valence-corrected chi connectivity index (χ4v) is 4.76. The molecule has 1 N–H and O–H groups in total. The first-order chi connectivity index (χ1) is 14.7. The third-order valence-electron chi connectivity index (χ3n) is 6.26. The van der Waals surface area contributed by atoms with Gasteiger partial charge in [-0.3, -0.25) is 4.90 Å². The number of fused-ring (bicyclic) bond motifs is 3. The number of carbonyl (C=O) groups is 1. The van der Waals surface area contributed by atoms with Crippen LogP contribution in [0.3, 0.4) is 0 Å². The highest BCUT2D eigenvalue weighted by Gasteiger charge is 2.34. The standard InChI is InChI=1S/C26H26N2O2/c1-18-16-28(25(15-27-18)19-9-3-2-4-10-19)26(29)30-17-24-22-13-7-5-11-20(22)21-12-6-8-14-23(21)24/h2-14,18,24-25,27H,15-17H2,1H3/t18-,25-/m1/s1. The Hall–Kier alpha value is -3.11. The van der Waals surface area contributed by atoms with Crippen LogP contribution in [0.2, 0.25) is 0 Å². The summed E-state index contributed by atoms with van der Waals surface area (Å²) >= 11 is 0. The van der Waals surface area contributed by atoms with Crippen LogP contribution in [0, 0.1) is 0 Å². The van der Waals surface area contributed by atoms with E-state index < -0.39 is 0 Å². The Morgan fingerprint density at radius 3 is 2.20 bits per heavy atom. The van der Waals surface area contributed by atoms with E-state index in [1.54, 1.807) is 0 Å². The second-order valence-electron chi connectivity index (χ2n) is 8.19. The number of ether oxygens (including phenoxy) is 1. The van der Waals surface area contributed by atoms with Crippen LogP contribution in [0.25, 0.3) is 11.1 Å². The summed E-state index contributed by atoms with van der Waals surface area (Å²) < 4.78 is 5.94. The van der Waals surface area contributed by atoms with Gasteiger partial charge in [-0.15, -0.1) is 0 Å². The number of benzene rings is 3. The average molecular weight is 399 g/mol. The monoisotopic (exact) mass is 398 g/mol. The number of rotatable bonds is 3. The molecule has 1 amide bonds. The maximum atomic E-state index is 13.2. The molecule has 4 heteroatoms. The molecule has 0 radical (unpaired) electrons. The van der Waals surface area contributed by atoms with E-state index in [9.17, 15) is 4.79 Å². The van der Waals surface area contributed by atoms with Gasteiger partial charge in [0.2, 0.25) is 0 Å². The van der Waals surface area contributed by atoms with Crippen LogP contribution in [0.4, 0.5) is 4.79 Å². The molecule has 0 bridgehead atoms. The highest BCUT2D eigenvalue weighted by atomic mass is 16.6. The van der Waals surface area contributed by atoms with Gasteiger partial charge in [0.05, 0.1) is 6.04 Å². The minimum atomic E-state index is -0.237. The molecule has 0 saturated carbocycles. The Morgan fingerprint density at radius 1 is 0.933 bits per heavy atom. The van der Waals surface area contributed by atoms with E-state index in [1.165, 1.54) is 22.3 Å². The van der Waals surface area contributed by atoms with Gasteiger partial charge in [-0.05, 0) is 34.7 Å². The van der Waals surface area contributed by atoms with Crippen molar-refractivity contribution in [1.82, 2.24) is 10.2 Å². The van der Waals surface area contributed by atoms with E-state index in [1.807, 2.05) is 23.1 Å². The Bertz CT molecular complexity index is 1000. The van der Waals surface area contributed by atoms with E-state index in [0.717, 1.165) is 12.1 Å². The second kappa shape index (κ2) is 7.96. The molecule has 30 heavy (non-hydrogen) atoms. The van der Waals surface area contributed by atoms with Crippen LogP contribution in [-0.2, 0) is 4.74 Å². The molecule has 0 aromatic heterocycles. The van der Waals surface area contributed by atoms with Gasteiger partial charge < -0.3 is 10.1 Å². The Balaban J connectivity index is 1.36. The van der Waals surface area contributed by atoms with Crippen LogP contribution >= 0.6 is 0 Å². The predicted octanol–water partition coefficient (Wildman–Crippen LogP) is 4.97. The lowest BCUT2D eigenvalue weighted by Gasteiger charge is -2.39. The summed E-state index contributed by atoms with van der Waals surface area (Å²) in [5.74, 6) is 0.0804. The minimum Gasteiger partial charge on any atom is -0.448 e. The van der Waals surface area contributed by atoms with Gasteiger partial charge in [-0.2, -0.15) is 0 Å². The summed E-state index contributed by atoms with van der Waals surface area (Å²) in [6.07, 6.45) is -0.237. The molecule has 1 saturated heterocycles. The van der Waals surface area contributed by atoms with E-state index >= 15 is 0 Å². The van der Waals surface area contributed by atoms with Crippen molar-refractivity contribution in [2.24, 2.45) is 0 Å². The third kappa shape index (κ3) is 3.37. The number of hydrogen-bond donors (Lipinski definition) is 1. The quantitative estimate of drug-likeness (QED) is 0.677. The number of hydrogen-bond acceptors (Lipinski definition) is 3. The number of carbonyl (C=O) groups excluding carboxylic acids is 1. The Labute approximate surface area is 177 Å². The molecular weight excluding hydrogens is 372 g/mol. The molecule has 2 aliphatic rings. The lowest BCUT2D eigenvalue weighted by molar-refractivity contribution is 0.0674. The third-order valence-corrected chi connectivity index (χ3v) is 6.26. The molecule has 1 aliphatic carbocycles. The largest absolute Gasteiger partial charge is 0.448 e. The lowest BCUT2D eigenvalue weighted by Crippen LogP contribution is -2.53. The number of nitrogens with zero attached hydrogens (tertiary/aromatic N) is 1. The van der Waals surface area contributed by atoms with Gasteiger partial charge in [-0.25, -0.2) is 4.79 Å². The number of amides is 1. The molecule has 2 atom stereocenters. The van der Waals surface area contributed by atoms with Crippen LogP contribution in [0.1, 0.15) is 35.6 Å². The van der Waals surface area contributed by atoms with Crippen molar-refractivity contribution in [2.75, 3.05) is 19.7 Å². The first kappa shape index (κ1) is 18.9. The summed E-state index contributed by atoms with van der Waals surface area (Å²) in [6, 6.07) is 27.3. The molecule has 3 aromatic carbocycles. The van der Waals surface area contributed by atoms with E-state index in [2.05, 4.69) is 72.9 Å². The van der Waals surface area contributed by atoms with Gasteiger partial charge >= 0.3 is 6.09 Å². The van der Waals surface area contributed by atoms with Crippen molar-refractivity contribution in [2.45, 2.75) is 24.9 Å². The molecule has 1 heterocycles. The van der Waals surface area contributed by atoms with Crippen LogP contribution in [-0.4, -0.2) is 36.7 Å². The molecule has 1 fully saturated rings. The van der Waals surface area contributed by atoms with Crippen molar-refractivity contribution >= 4 is 6.09 Å². The van der Waals surface area contributed by atoms with Crippen molar-refractivity contribution in [3.8, 4) is 11.1 Å². The Kier molecular flexibility index (Phi) is 5.01. The molecule has 4 nitrogen and oxygen atoms in total. The molecular formula is C26H26N2O2. The van der Waals surface area contributed by atoms with E-state index in [4.69, 9.17) is 4.74 Å². The predicted molar refractivity (Wildman–Crippen MR) is 118 cm³/mol. The smallest absolute Gasteiger partial charge is 0.410 e. The molecule has 3 aromatic rings. The van der Waals surface area contributed by atoms with Gasteiger partial charge in [0, 0.05) is 25.0 Å². The lowest BCUT2D eigenvalue weighted by atomic mass is 9.98. The average Bonchev–Trinajstić information content (AvgIpc) is 3.12. The molecule has 1 aliphatic heterocycles. The summed E-state index contributed by atoms with van der Waals surface area (Å²) in [6.45, 7) is 3.82. The normalized spacial score (nSPS) is 20.5. The van der Waals surface area contributed by atoms with Crippen LogP contribution < -0.4 is 5.32 Å². The topological polar surface area (TPSA) is 41.6 Å². The van der Waals surface area contributed by atoms with Crippen molar-refractivity contribution in [1.29, 1.82) is 0 Å². The van der Waals surface area contributed by atoms with Crippen molar-refractivity contribution in [3.05, 3.63) is 95.6 Å². The molecule has 152 valence electrons. The van der Waals surface area contributed by atoms with Gasteiger partial charge in [0.1, 0.15) is 6.61 Å². The molecule has 0 unspecified atom stereocenters. The first-order valence-corrected chi connectivity index (χ1v) is 10.6. The van der Waals surface area contributed by atoms with Crippen molar-refractivity contribution in [3.63, 3.8) is 0 Å². The summed E-state index contributed by atoms with van der Waals surface area (Å²) in [4.78, 5) is 15.1.